The van der Waals surface area contributed by atoms with Crippen LogP contribution in [0.3, 0.4) is 0 Å². The van der Waals surface area contributed by atoms with E-state index in [1.54, 1.807) is 6.07 Å². The van der Waals surface area contributed by atoms with E-state index in [4.69, 9.17) is 4.74 Å². The second kappa shape index (κ2) is 7.65. The van der Waals surface area contributed by atoms with Crippen molar-refractivity contribution in [2.24, 2.45) is 0 Å². The van der Waals surface area contributed by atoms with Gasteiger partial charge in [0.05, 0.1) is 10.5 Å². The lowest BCUT2D eigenvalue weighted by Crippen LogP contribution is -2.30. The summed E-state index contributed by atoms with van der Waals surface area (Å²) < 4.78 is 5.16. The van der Waals surface area contributed by atoms with Gasteiger partial charge in [0.15, 0.2) is 6.10 Å². The largest absolute Gasteiger partial charge is 0.449 e. The highest BCUT2D eigenvalue weighted by molar-refractivity contribution is 6.04. The van der Waals surface area contributed by atoms with Crippen LogP contribution in [-0.2, 0) is 9.53 Å². The number of nitrogens with zero attached hydrogens (tertiary/aromatic N) is 1. The molecule has 0 aromatic heterocycles. The number of amides is 1. The third-order valence-corrected chi connectivity index (χ3v) is 4.01. The van der Waals surface area contributed by atoms with Crippen molar-refractivity contribution in [3.63, 3.8) is 0 Å². The van der Waals surface area contributed by atoms with Crippen LogP contribution >= 0.6 is 0 Å². The molecule has 0 aliphatic heterocycles. The maximum absolute atomic E-state index is 12.4. The number of nitro benzene ring substituents is 1. The number of hydrogen-bond acceptors (Lipinski definition) is 5. The van der Waals surface area contributed by atoms with E-state index in [0.717, 1.165) is 10.8 Å². The van der Waals surface area contributed by atoms with E-state index in [-0.39, 0.29) is 11.3 Å². The number of ether oxygens (including phenoxy) is 1. The van der Waals surface area contributed by atoms with Crippen LogP contribution in [0.4, 0.5) is 11.4 Å². The molecule has 0 fully saturated rings. The zero-order chi connectivity index (χ0) is 19.4. The summed E-state index contributed by atoms with van der Waals surface area (Å²) in [5, 5.41) is 15.3. The quantitative estimate of drug-likeness (QED) is 0.420. The maximum atomic E-state index is 12.4. The van der Waals surface area contributed by atoms with Crippen LogP contribution in [0.25, 0.3) is 10.8 Å². The molecular weight excluding hydrogens is 348 g/mol. The summed E-state index contributed by atoms with van der Waals surface area (Å²) in [5.41, 5.74) is 0.620. The summed E-state index contributed by atoms with van der Waals surface area (Å²) in [5.74, 6) is -1.20. The smallest absolute Gasteiger partial charge is 0.338 e. The lowest BCUT2D eigenvalue weighted by Gasteiger charge is -2.14. The van der Waals surface area contributed by atoms with Crippen molar-refractivity contribution in [2.45, 2.75) is 13.0 Å². The Hall–Kier alpha value is -3.74. The SMILES string of the molecule is CC(OC(=O)c1ccc([N+](=O)[O-])cc1)C(=O)Nc1cccc2ccccc12. The average Bonchev–Trinajstić information content (AvgIpc) is 2.68. The van der Waals surface area contributed by atoms with Gasteiger partial charge in [0.2, 0.25) is 0 Å². The van der Waals surface area contributed by atoms with E-state index in [0.29, 0.717) is 5.69 Å². The summed E-state index contributed by atoms with van der Waals surface area (Å²) in [6, 6.07) is 18.1. The number of carbonyl (C=O) groups excluding carboxylic acids is 2. The molecule has 1 N–H and O–H groups in total. The highest BCUT2D eigenvalue weighted by Gasteiger charge is 2.20. The van der Waals surface area contributed by atoms with Crippen molar-refractivity contribution in [2.75, 3.05) is 5.32 Å². The molecule has 3 aromatic rings. The molecule has 0 aliphatic rings. The lowest BCUT2D eigenvalue weighted by atomic mass is 10.1. The number of carbonyl (C=O) groups is 2. The molecule has 0 bridgehead atoms. The van der Waals surface area contributed by atoms with Gasteiger partial charge in [0.25, 0.3) is 11.6 Å². The first kappa shape index (κ1) is 18.1. The maximum Gasteiger partial charge on any atom is 0.338 e. The number of benzene rings is 3. The highest BCUT2D eigenvalue weighted by Crippen LogP contribution is 2.23. The summed E-state index contributed by atoms with van der Waals surface area (Å²) in [4.78, 5) is 34.6. The van der Waals surface area contributed by atoms with Crippen molar-refractivity contribution in [3.8, 4) is 0 Å². The van der Waals surface area contributed by atoms with Crippen molar-refractivity contribution in [1.82, 2.24) is 0 Å². The first-order valence-electron chi connectivity index (χ1n) is 8.20. The van der Waals surface area contributed by atoms with E-state index < -0.39 is 22.9 Å². The molecular formula is C20H16N2O5. The molecule has 7 nitrogen and oxygen atoms in total. The van der Waals surface area contributed by atoms with Crippen LogP contribution in [0.2, 0.25) is 0 Å². The summed E-state index contributed by atoms with van der Waals surface area (Å²) in [6.45, 7) is 1.46. The fourth-order valence-electron chi connectivity index (χ4n) is 2.57. The monoisotopic (exact) mass is 364 g/mol. The minimum Gasteiger partial charge on any atom is -0.449 e. The molecule has 7 heteroatoms. The van der Waals surface area contributed by atoms with Crippen LogP contribution in [-0.4, -0.2) is 22.9 Å². The van der Waals surface area contributed by atoms with Crippen molar-refractivity contribution in [1.29, 1.82) is 0 Å². The molecule has 0 spiro atoms. The Morgan fingerprint density at radius 1 is 1.00 bits per heavy atom. The van der Waals surface area contributed by atoms with Gasteiger partial charge in [-0.25, -0.2) is 4.79 Å². The minimum atomic E-state index is -1.04. The van der Waals surface area contributed by atoms with E-state index >= 15 is 0 Å². The molecule has 3 rings (SSSR count). The van der Waals surface area contributed by atoms with Gasteiger partial charge < -0.3 is 10.1 Å². The zero-order valence-electron chi connectivity index (χ0n) is 14.4. The molecule has 0 saturated carbocycles. The predicted molar refractivity (Wildman–Crippen MR) is 101 cm³/mol. The Morgan fingerprint density at radius 2 is 1.67 bits per heavy atom. The lowest BCUT2D eigenvalue weighted by molar-refractivity contribution is -0.384. The number of non-ortho nitro benzene ring substituents is 1. The van der Waals surface area contributed by atoms with Crippen molar-refractivity contribution in [3.05, 3.63) is 82.4 Å². The fraction of sp³-hybridized carbons (Fsp3) is 0.100. The van der Waals surface area contributed by atoms with Crippen LogP contribution in [0.1, 0.15) is 17.3 Å². The van der Waals surface area contributed by atoms with E-state index in [9.17, 15) is 19.7 Å². The number of fused-ring (bicyclic) bond motifs is 1. The predicted octanol–water partition coefficient (Wildman–Crippen LogP) is 3.93. The second-order valence-electron chi connectivity index (χ2n) is 5.87. The van der Waals surface area contributed by atoms with Gasteiger partial charge in [-0.1, -0.05) is 36.4 Å². The molecule has 0 aliphatic carbocycles. The summed E-state index contributed by atoms with van der Waals surface area (Å²) >= 11 is 0. The molecule has 1 unspecified atom stereocenters. The number of anilines is 1. The van der Waals surface area contributed by atoms with Gasteiger partial charge in [-0.3, -0.25) is 14.9 Å². The third kappa shape index (κ3) is 4.09. The molecule has 1 atom stereocenters. The number of rotatable bonds is 5. The van der Waals surface area contributed by atoms with Crippen LogP contribution in [0.5, 0.6) is 0 Å². The van der Waals surface area contributed by atoms with Gasteiger partial charge >= 0.3 is 5.97 Å². The summed E-state index contributed by atoms with van der Waals surface area (Å²) in [7, 11) is 0. The normalized spacial score (nSPS) is 11.6. The highest BCUT2D eigenvalue weighted by atomic mass is 16.6. The molecule has 0 radical (unpaired) electrons. The molecule has 136 valence electrons. The zero-order valence-corrected chi connectivity index (χ0v) is 14.4. The Balaban J connectivity index is 1.68. The minimum absolute atomic E-state index is 0.130. The third-order valence-electron chi connectivity index (χ3n) is 4.01. The molecule has 27 heavy (non-hydrogen) atoms. The van der Waals surface area contributed by atoms with Gasteiger partial charge in [0.1, 0.15) is 0 Å². The average molecular weight is 364 g/mol. The second-order valence-corrected chi connectivity index (χ2v) is 5.87. The Morgan fingerprint density at radius 3 is 2.37 bits per heavy atom. The van der Waals surface area contributed by atoms with Gasteiger partial charge in [-0.2, -0.15) is 0 Å². The van der Waals surface area contributed by atoms with E-state index in [1.165, 1.54) is 31.2 Å². The number of nitrogens with one attached hydrogen (secondary N) is 1. The number of esters is 1. The van der Waals surface area contributed by atoms with E-state index in [1.807, 2.05) is 36.4 Å². The first-order valence-corrected chi connectivity index (χ1v) is 8.20. The molecule has 3 aromatic carbocycles. The van der Waals surface area contributed by atoms with Crippen LogP contribution < -0.4 is 5.32 Å². The molecule has 0 heterocycles. The Kier molecular flexibility index (Phi) is 5.12. The topological polar surface area (TPSA) is 98.5 Å². The summed E-state index contributed by atoms with van der Waals surface area (Å²) in [6.07, 6.45) is -1.04. The van der Waals surface area contributed by atoms with Gasteiger partial charge in [-0.15, -0.1) is 0 Å². The van der Waals surface area contributed by atoms with Crippen LogP contribution in [0, 0.1) is 10.1 Å². The standard InChI is InChI=1S/C20H16N2O5/c1-13(27-20(24)15-9-11-16(12-10-15)22(25)26)19(23)21-18-8-4-6-14-5-2-3-7-17(14)18/h2-13H,1H3,(H,21,23). The Bertz CT molecular complexity index is 1010. The van der Waals surface area contributed by atoms with Gasteiger partial charge in [-0.05, 0) is 30.5 Å². The molecule has 1 amide bonds. The fourth-order valence-corrected chi connectivity index (χ4v) is 2.57. The Labute approximate surface area is 154 Å². The molecule has 0 saturated heterocycles. The number of hydrogen-bond donors (Lipinski definition) is 1. The van der Waals surface area contributed by atoms with Crippen molar-refractivity contribution >= 4 is 34.0 Å². The number of nitro groups is 1. The van der Waals surface area contributed by atoms with Crippen molar-refractivity contribution < 1.29 is 19.2 Å². The van der Waals surface area contributed by atoms with Crippen LogP contribution in [0.15, 0.2) is 66.7 Å². The van der Waals surface area contributed by atoms with Gasteiger partial charge in [0, 0.05) is 23.2 Å². The van der Waals surface area contributed by atoms with E-state index in [2.05, 4.69) is 5.32 Å². The first-order chi connectivity index (χ1) is 13.0.